The van der Waals surface area contributed by atoms with Gasteiger partial charge in [-0.3, -0.25) is 0 Å². The molecule has 2 rings (SSSR count). The first kappa shape index (κ1) is 12.9. The molecule has 0 spiro atoms. The monoisotopic (exact) mass is 206 g/mol. The van der Waals surface area contributed by atoms with Gasteiger partial charge in [0.25, 0.3) is 0 Å². The minimum atomic E-state index is 0. The molecule has 78 valence electrons. The van der Waals surface area contributed by atoms with Crippen LogP contribution in [0, 0.1) is 13.8 Å². The van der Waals surface area contributed by atoms with Crippen LogP contribution in [0.3, 0.4) is 0 Å². The van der Waals surface area contributed by atoms with Crippen LogP contribution in [0.4, 0.5) is 0 Å². The second kappa shape index (κ2) is 5.79. The van der Waals surface area contributed by atoms with Crippen molar-refractivity contribution in [1.29, 1.82) is 0 Å². The summed E-state index contributed by atoms with van der Waals surface area (Å²) in [5.74, 6) is 1.76. The fourth-order valence-corrected chi connectivity index (χ4v) is 1.35. The second-order valence-electron chi connectivity index (χ2n) is 3.73. The Morgan fingerprint density at radius 2 is 0.938 bits per heavy atom. The molecule has 0 saturated carbocycles. The van der Waals surface area contributed by atoms with Crippen molar-refractivity contribution in [2.24, 2.45) is 0 Å². The summed E-state index contributed by atoms with van der Waals surface area (Å²) in [6.45, 7) is 4.13. The van der Waals surface area contributed by atoms with E-state index >= 15 is 0 Å². The van der Waals surface area contributed by atoms with E-state index in [9.17, 15) is 0 Å². The van der Waals surface area contributed by atoms with Crippen molar-refractivity contribution in [1.82, 2.24) is 0 Å². The quantitative estimate of drug-likeness (QED) is 0.684. The molecule has 0 aliphatic carbocycles. The Hall–Kier alpha value is -1.16. The fourth-order valence-electron chi connectivity index (χ4n) is 1.35. The third-order valence-corrected chi connectivity index (χ3v) is 2.28. The molecule has 0 aliphatic heterocycles. The third-order valence-electron chi connectivity index (χ3n) is 2.28. The van der Waals surface area contributed by atoms with Gasteiger partial charge in [-0.25, -0.2) is 0 Å². The molecule has 0 radical (unpaired) electrons. The molecule has 0 N–H and O–H groups in total. The molecule has 1 nitrogen and oxygen atoms in total. The van der Waals surface area contributed by atoms with E-state index in [0.29, 0.717) is 0 Å². The molecular weight excluding hydrogens is 191 g/mol. The summed E-state index contributed by atoms with van der Waals surface area (Å²) in [5, 5.41) is 0. The van der Waals surface area contributed by atoms with Crippen LogP contribution >= 0.6 is 0 Å². The Bertz CT molecular complexity index is 388. The van der Waals surface area contributed by atoms with Crippen LogP contribution in [0.1, 0.15) is 11.1 Å². The third kappa shape index (κ3) is 3.45. The molecule has 0 fully saturated rings. The Labute approximate surface area is 109 Å². The van der Waals surface area contributed by atoms with E-state index in [1.165, 1.54) is 11.1 Å². The molecule has 0 saturated heterocycles. The molecule has 0 heterocycles. The van der Waals surface area contributed by atoms with Crippen molar-refractivity contribution >= 4 is 18.9 Å². The van der Waals surface area contributed by atoms with Crippen molar-refractivity contribution in [2.45, 2.75) is 13.8 Å². The number of benzene rings is 2. The molecule has 2 aromatic rings. The van der Waals surface area contributed by atoms with Crippen LogP contribution in [-0.2, 0) is 0 Å². The first-order valence-corrected chi connectivity index (χ1v) is 5.05. The van der Waals surface area contributed by atoms with E-state index in [2.05, 4.69) is 13.8 Å². The fraction of sp³-hybridized carbons (Fsp3) is 0.143. The Kier molecular flexibility index (Phi) is 4.67. The predicted molar refractivity (Wildman–Crippen MR) is 69.6 cm³/mol. The van der Waals surface area contributed by atoms with Crippen LogP contribution in [-0.4, -0.2) is 18.9 Å². The van der Waals surface area contributed by atoms with Gasteiger partial charge >= 0.3 is 18.9 Å². The van der Waals surface area contributed by atoms with Gasteiger partial charge in [0.2, 0.25) is 0 Å². The van der Waals surface area contributed by atoms with E-state index in [1.807, 2.05) is 48.5 Å². The minimum absolute atomic E-state index is 0. The van der Waals surface area contributed by atoms with Crippen LogP contribution in [0.2, 0.25) is 0 Å². The molecule has 0 atom stereocenters. The van der Waals surface area contributed by atoms with Gasteiger partial charge in [-0.2, -0.15) is 0 Å². The topological polar surface area (TPSA) is 9.23 Å². The Morgan fingerprint density at radius 1 is 0.625 bits per heavy atom. The summed E-state index contributed by atoms with van der Waals surface area (Å²) in [6.07, 6.45) is 0. The van der Waals surface area contributed by atoms with Crippen LogP contribution < -0.4 is 4.74 Å². The molecule has 0 aromatic heterocycles. The predicted octanol–water partition coefficient (Wildman–Crippen LogP) is 3.45. The summed E-state index contributed by atoms with van der Waals surface area (Å²) in [5.41, 5.74) is 2.48. The first-order valence-electron chi connectivity index (χ1n) is 5.05. The van der Waals surface area contributed by atoms with Gasteiger partial charge in [0, 0.05) is 0 Å². The van der Waals surface area contributed by atoms with Gasteiger partial charge < -0.3 is 4.74 Å². The van der Waals surface area contributed by atoms with Crippen molar-refractivity contribution in [3.63, 3.8) is 0 Å². The van der Waals surface area contributed by atoms with Crippen LogP contribution in [0.15, 0.2) is 48.5 Å². The zero-order valence-electron chi connectivity index (χ0n) is 9.03. The van der Waals surface area contributed by atoms with Gasteiger partial charge in [-0.1, -0.05) is 35.4 Å². The number of ether oxygens (including phenoxy) is 1. The van der Waals surface area contributed by atoms with Crippen molar-refractivity contribution in [2.75, 3.05) is 0 Å². The summed E-state index contributed by atoms with van der Waals surface area (Å²) in [4.78, 5) is 0. The molecule has 2 heteroatoms. The van der Waals surface area contributed by atoms with Gasteiger partial charge in [0.1, 0.15) is 11.5 Å². The van der Waals surface area contributed by atoms with Gasteiger partial charge in [0.05, 0.1) is 0 Å². The maximum absolute atomic E-state index is 5.69. The summed E-state index contributed by atoms with van der Waals surface area (Å²) < 4.78 is 5.69. The molecule has 0 amide bonds. The van der Waals surface area contributed by atoms with Gasteiger partial charge in [0.15, 0.2) is 0 Å². The zero-order valence-corrected chi connectivity index (χ0v) is 9.03. The molecule has 0 bridgehead atoms. The van der Waals surface area contributed by atoms with Crippen LogP contribution in [0.5, 0.6) is 11.5 Å². The molecule has 2 aromatic carbocycles. The van der Waals surface area contributed by atoms with Gasteiger partial charge in [-0.15, -0.1) is 0 Å². The van der Waals surface area contributed by atoms with Crippen molar-refractivity contribution in [3.8, 4) is 11.5 Å². The number of aryl methyl sites for hydroxylation is 2. The SMILES string of the molecule is Cc1ccc(Oc2ccc(C)cc2)cc1.[LiH]. The number of rotatable bonds is 2. The van der Waals surface area contributed by atoms with E-state index in [-0.39, 0.29) is 18.9 Å². The maximum atomic E-state index is 5.69. The molecule has 16 heavy (non-hydrogen) atoms. The average Bonchev–Trinajstić information content (AvgIpc) is 2.25. The Morgan fingerprint density at radius 3 is 1.25 bits per heavy atom. The summed E-state index contributed by atoms with van der Waals surface area (Å²) >= 11 is 0. The van der Waals surface area contributed by atoms with Crippen molar-refractivity contribution in [3.05, 3.63) is 59.7 Å². The molecule has 0 unspecified atom stereocenters. The summed E-state index contributed by atoms with van der Waals surface area (Å²) in [6, 6.07) is 16.1. The molecular formula is C14H15LiO. The number of hydrogen-bond donors (Lipinski definition) is 0. The second-order valence-corrected chi connectivity index (χ2v) is 3.73. The van der Waals surface area contributed by atoms with Crippen LogP contribution in [0.25, 0.3) is 0 Å². The Balaban J connectivity index is 0.00000128. The number of hydrogen-bond acceptors (Lipinski definition) is 1. The van der Waals surface area contributed by atoms with Crippen molar-refractivity contribution < 1.29 is 4.74 Å². The summed E-state index contributed by atoms with van der Waals surface area (Å²) in [7, 11) is 0. The zero-order chi connectivity index (χ0) is 10.7. The van der Waals surface area contributed by atoms with Gasteiger partial charge in [-0.05, 0) is 38.1 Å². The molecule has 0 aliphatic rings. The first-order chi connectivity index (χ1) is 7.24. The normalized spacial score (nSPS) is 9.38. The van der Waals surface area contributed by atoms with E-state index in [0.717, 1.165) is 11.5 Å². The average molecular weight is 206 g/mol. The van der Waals surface area contributed by atoms with E-state index < -0.39 is 0 Å². The van der Waals surface area contributed by atoms with E-state index in [4.69, 9.17) is 4.74 Å². The standard InChI is InChI=1S/C14H14O.Li.H/c1-11-3-7-13(8-4-11)15-14-9-5-12(2)6-10-14;;/h3-10H,1-2H3;;. The van der Waals surface area contributed by atoms with E-state index in [1.54, 1.807) is 0 Å².